The van der Waals surface area contributed by atoms with Gasteiger partial charge in [-0.25, -0.2) is 0 Å². The Morgan fingerprint density at radius 2 is 2.05 bits per heavy atom. The number of methoxy groups -OCH3 is 1. The molecule has 0 saturated heterocycles. The molecule has 4 heteroatoms. The number of oxime groups is 1. The number of ether oxygens (including phenoxy) is 1. The molecule has 2 fully saturated rings. The SMILES string of the molecule is COc1ccc(C2=NO[C@@H]3[C@@H]4C[C@@H](C[C@@H]4C(C)=O)[C@@H]23)cc1. The van der Waals surface area contributed by atoms with E-state index < -0.39 is 0 Å². The maximum absolute atomic E-state index is 11.7. The van der Waals surface area contributed by atoms with Crippen molar-refractivity contribution in [2.45, 2.75) is 25.9 Å². The fraction of sp³-hybridized carbons (Fsp3) is 0.529. The largest absolute Gasteiger partial charge is 0.497 e. The minimum atomic E-state index is 0.106. The van der Waals surface area contributed by atoms with Crippen molar-refractivity contribution in [3.8, 4) is 5.75 Å². The average Bonchev–Trinajstić information content (AvgIpc) is 3.18. The zero-order valence-electron chi connectivity index (χ0n) is 12.3. The molecule has 5 atom stereocenters. The molecule has 110 valence electrons. The maximum Gasteiger partial charge on any atom is 0.139 e. The lowest BCUT2D eigenvalue weighted by atomic mass is 9.75. The predicted octanol–water partition coefficient (Wildman–Crippen LogP) is 2.66. The third-order valence-electron chi connectivity index (χ3n) is 5.43. The van der Waals surface area contributed by atoms with Gasteiger partial charge < -0.3 is 9.57 Å². The number of rotatable bonds is 3. The molecule has 0 spiro atoms. The predicted molar refractivity (Wildman–Crippen MR) is 78.3 cm³/mol. The third-order valence-corrected chi connectivity index (χ3v) is 5.43. The highest BCUT2D eigenvalue weighted by molar-refractivity contribution is 6.03. The topological polar surface area (TPSA) is 47.9 Å². The summed E-state index contributed by atoms with van der Waals surface area (Å²) in [5, 5.41) is 4.35. The molecule has 1 aromatic carbocycles. The Balaban J connectivity index is 1.59. The van der Waals surface area contributed by atoms with E-state index in [0.717, 1.165) is 29.9 Å². The Bertz CT molecular complexity index is 607. The van der Waals surface area contributed by atoms with Gasteiger partial charge in [-0.15, -0.1) is 0 Å². The van der Waals surface area contributed by atoms with E-state index in [9.17, 15) is 4.79 Å². The van der Waals surface area contributed by atoms with Crippen molar-refractivity contribution in [2.24, 2.45) is 28.8 Å². The average molecular weight is 285 g/mol. The summed E-state index contributed by atoms with van der Waals surface area (Å²) < 4.78 is 5.20. The van der Waals surface area contributed by atoms with Crippen LogP contribution in [-0.2, 0) is 9.63 Å². The third kappa shape index (κ3) is 1.81. The van der Waals surface area contributed by atoms with Gasteiger partial charge in [0.1, 0.15) is 17.6 Å². The highest BCUT2D eigenvalue weighted by Gasteiger charge is 2.59. The number of nitrogens with zero attached hydrogens (tertiary/aromatic N) is 1. The molecule has 0 radical (unpaired) electrons. The van der Waals surface area contributed by atoms with Crippen molar-refractivity contribution in [1.29, 1.82) is 0 Å². The number of hydrogen-bond acceptors (Lipinski definition) is 4. The van der Waals surface area contributed by atoms with Gasteiger partial charge in [0.15, 0.2) is 0 Å². The molecule has 4 nitrogen and oxygen atoms in total. The molecule has 1 aromatic rings. The number of hydrogen-bond donors (Lipinski definition) is 0. The van der Waals surface area contributed by atoms with Crippen molar-refractivity contribution in [3.63, 3.8) is 0 Å². The Hall–Kier alpha value is -1.84. The van der Waals surface area contributed by atoms with Gasteiger partial charge in [-0.2, -0.15) is 0 Å². The van der Waals surface area contributed by atoms with Crippen LogP contribution in [-0.4, -0.2) is 24.7 Å². The molecule has 3 aliphatic rings. The first-order valence-electron chi connectivity index (χ1n) is 7.57. The highest BCUT2D eigenvalue weighted by Crippen LogP contribution is 2.56. The van der Waals surface area contributed by atoms with Gasteiger partial charge >= 0.3 is 0 Å². The molecular weight excluding hydrogens is 266 g/mol. The number of Topliss-reactive ketones (excluding diaryl/α,β-unsaturated/α-hetero) is 1. The van der Waals surface area contributed by atoms with Crippen LogP contribution in [0.2, 0.25) is 0 Å². The quantitative estimate of drug-likeness (QED) is 0.858. The van der Waals surface area contributed by atoms with E-state index in [2.05, 4.69) is 5.16 Å². The first-order valence-corrected chi connectivity index (χ1v) is 7.57. The zero-order chi connectivity index (χ0) is 14.6. The van der Waals surface area contributed by atoms with Gasteiger partial charge in [-0.1, -0.05) is 5.16 Å². The first-order chi connectivity index (χ1) is 10.2. The maximum atomic E-state index is 11.7. The zero-order valence-corrected chi connectivity index (χ0v) is 12.3. The molecule has 0 N–H and O–H groups in total. The molecule has 0 unspecified atom stereocenters. The van der Waals surface area contributed by atoms with Gasteiger partial charge in [0.2, 0.25) is 0 Å². The molecule has 2 aliphatic carbocycles. The normalized spacial score (nSPS) is 36.1. The molecule has 2 bridgehead atoms. The van der Waals surface area contributed by atoms with E-state index >= 15 is 0 Å². The fourth-order valence-electron chi connectivity index (χ4n) is 4.48. The van der Waals surface area contributed by atoms with Gasteiger partial charge in [0, 0.05) is 23.3 Å². The Morgan fingerprint density at radius 3 is 2.71 bits per heavy atom. The molecule has 21 heavy (non-hydrogen) atoms. The number of benzene rings is 1. The van der Waals surface area contributed by atoms with Crippen LogP contribution >= 0.6 is 0 Å². The number of fused-ring (bicyclic) bond motifs is 5. The fourth-order valence-corrected chi connectivity index (χ4v) is 4.48. The summed E-state index contributed by atoms with van der Waals surface area (Å²) in [6, 6.07) is 7.99. The van der Waals surface area contributed by atoms with Crippen LogP contribution in [0, 0.1) is 23.7 Å². The standard InChI is InChI=1S/C17H19NO3/c1-9(19)13-7-11-8-14(13)17-15(11)16(18-21-17)10-3-5-12(20-2)6-4-10/h3-6,11,13-15,17H,7-8H2,1-2H3/t11-,13-,14-,15+,17-/m1/s1. The van der Waals surface area contributed by atoms with Gasteiger partial charge in [0.25, 0.3) is 0 Å². The van der Waals surface area contributed by atoms with Crippen LogP contribution in [0.4, 0.5) is 0 Å². The lowest BCUT2D eigenvalue weighted by molar-refractivity contribution is -0.124. The van der Waals surface area contributed by atoms with Crippen molar-refractivity contribution < 1.29 is 14.4 Å². The second kappa shape index (κ2) is 4.58. The smallest absolute Gasteiger partial charge is 0.139 e. The molecule has 4 rings (SSSR count). The molecule has 0 aromatic heterocycles. The monoisotopic (exact) mass is 285 g/mol. The minimum Gasteiger partial charge on any atom is -0.497 e. The molecule has 0 amide bonds. The van der Waals surface area contributed by atoms with E-state index in [1.165, 1.54) is 0 Å². The summed E-state index contributed by atoms with van der Waals surface area (Å²) in [5.74, 6) is 2.59. The second-order valence-corrected chi connectivity index (χ2v) is 6.41. The minimum absolute atomic E-state index is 0.106. The van der Waals surface area contributed by atoms with Crippen molar-refractivity contribution in [3.05, 3.63) is 29.8 Å². The summed E-state index contributed by atoms with van der Waals surface area (Å²) in [7, 11) is 1.67. The summed E-state index contributed by atoms with van der Waals surface area (Å²) in [6.07, 6.45) is 2.21. The van der Waals surface area contributed by atoms with E-state index in [4.69, 9.17) is 9.57 Å². The lowest BCUT2D eigenvalue weighted by Gasteiger charge is -2.28. The van der Waals surface area contributed by atoms with Crippen LogP contribution in [0.3, 0.4) is 0 Å². The highest BCUT2D eigenvalue weighted by atomic mass is 16.6. The van der Waals surface area contributed by atoms with Crippen molar-refractivity contribution in [1.82, 2.24) is 0 Å². The lowest BCUT2D eigenvalue weighted by Crippen LogP contribution is -2.36. The van der Waals surface area contributed by atoms with Crippen molar-refractivity contribution >= 4 is 11.5 Å². The molecule has 1 heterocycles. The van der Waals surface area contributed by atoms with Crippen molar-refractivity contribution in [2.75, 3.05) is 7.11 Å². The Kier molecular flexibility index (Phi) is 2.81. The number of carbonyl (C=O) groups is 1. The number of carbonyl (C=O) groups excluding carboxylic acids is 1. The van der Waals surface area contributed by atoms with Crippen LogP contribution in [0.25, 0.3) is 0 Å². The Morgan fingerprint density at radius 1 is 1.29 bits per heavy atom. The van der Waals surface area contributed by atoms with E-state index in [1.54, 1.807) is 14.0 Å². The van der Waals surface area contributed by atoms with Gasteiger partial charge in [-0.05, 0) is 49.9 Å². The van der Waals surface area contributed by atoms with E-state index in [0.29, 0.717) is 23.5 Å². The van der Waals surface area contributed by atoms with E-state index in [1.807, 2.05) is 24.3 Å². The molecule has 2 saturated carbocycles. The first kappa shape index (κ1) is 12.9. The van der Waals surface area contributed by atoms with Gasteiger partial charge in [0.05, 0.1) is 12.8 Å². The molecular formula is C17H19NO3. The van der Waals surface area contributed by atoms with Crippen LogP contribution in [0.15, 0.2) is 29.4 Å². The Labute approximate surface area is 124 Å². The summed E-state index contributed by atoms with van der Waals surface area (Å²) in [5.41, 5.74) is 2.16. The summed E-state index contributed by atoms with van der Waals surface area (Å²) in [4.78, 5) is 17.5. The van der Waals surface area contributed by atoms with Gasteiger partial charge in [-0.3, -0.25) is 4.79 Å². The second-order valence-electron chi connectivity index (χ2n) is 6.41. The van der Waals surface area contributed by atoms with E-state index in [-0.39, 0.29) is 12.0 Å². The van der Waals surface area contributed by atoms with Crippen LogP contribution in [0.1, 0.15) is 25.3 Å². The number of ketones is 1. The summed E-state index contributed by atoms with van der Waals surface area (Å²) >= 11 is 0. The van der Waals surface area contributed by atoms with Crippen LogP contribution < -0.4 is 4.74 Å². The summed E-state index contributed by atoms with van der Waals surface area (Å²) in [6.45, 7) is 1.71. The van der Waals surface area contributed by atoms with Crippen LogP contribution in [0.5, 0.6) is 5.75 Å². The molecule has 1 aliphatic heterocycles.